The molecular formula is C14H16N4O4. The van der Waals surface area contributed by atoms with E-state index in [0.29, 0.717) is 22.9 Å². The Labute approximate surface area is 126 Å². The lowest BCUT2D eigenvalue weighted by Gasteiger charge is -2.04. The molecule has 0 spiro atoms. The van der Waals surface area contributed by atoms with Crippen molar-refractivity contribution in [3.8, 4) is 5.75 Å². The molecule has 116 valence electrons. The molecular weight excluding hydrogens is 288 g/mol. The van der Waals surface area contributed by atoms with Crippen LogP contribution in [0.25, 0.3) is 0 Å². The first-order valence-corrected chi connectivity index (χ1v) is 6.41. The Hall–Kier alpha value is -3.03. The number of amides is 1. The Morgan fingerprint density at radius 1 is 1.41 bits per heavy atom. The number of carbonyl (C=O) groups excluding carboxylic acids is 1. The lowest BCUT2D eigenvalue weighted by molar-refractivity contribution is -0.120. The number of anilines is 1. The summed E-state index contributed by atoms with van der Waals surface area (Å²) in [5, 5.41) is 9.81. The van der Waals surface area contributed by atoms with Gasteiger partial charge in [0.15, 0.2) is 18.3 Å². The van der Waals surface area contributed by atoms with Gasteiger partial charge >= 0.3 is 0 Å². The second kappa shape index (κ2) is 7.11. The van der Waals surface area contributed by atoms with Crippen LogP contribution in [0.5, 0.6) is 5.75 Å². The van der Waals surface area contributed by atoms with E-state index in [4.69, 9.17) is 19.8 Å². The molecule has 2 rings (SSSR count). The molecule has 0 aliphatic carbocycles. The molecule has 0 saturated heterocycles. The second-order valence-electron chi connectivity index (χ2n) is 4.35. The summed E-state index contributed by atoms with van der Waals surface area (Å²) < 4.78 is 9.86. The Kier molecular flexibility index (Phi) is 4.97. The van der Waals surface area contributed by atoms with Crippen molar-refractivity contribution in [1.82, 2.24) is 5.16 Å². The molecule has 1 amide bonds. The number of carbonyl (C=O) groups is 1. The Morgan fingerprint density at radius 2 is 2.14 bits per heavy atom. The van der Waals surface area contributed by atoms with Gasteiger partial charge < -0.3 is 25.1 Å². The maximum Gasteiger partial charge on any atom is 0.266 e. The van der Waals surface area contributed by atoms with Gasteiger partial charge in [0.05, 0.1) is 7.11 Å². The van der Waals surface area contributed by atoms with E-state index in [-0.39, 0.29) is 12.4 Å². The zero-order valence-electron chi connectivity index (χ0n) is 12.2. The SMILES string of the molecule is COc1ccc(/C(N)=N/OCC(=O)Nc2cc(C)on2)cc1. The van der Waals surface area contributed by atoms with Crippen LogP contribution in [-0.4, -0.2) is 30.6 Å². The van der Waals surface area contributed by atoms with Crippen LogP contribution in [0.15, 0.2) is 40.0 Å². The highest BCUT2D eigenvalue weighted by atomic mass is 16.6. The number of methoxy groups -OCH3 is 1. The van der Waals surface area contributed by atoms with E-state index in [2.05, 4.69) is 15.6 Å². The van der Waals surface area contributed by atoms with Gasteiger partial charge in [0.25, 0.3) is 5.91 Å². The number of hydrogen-bond donors (Lipinski definition) is 2. The van der Waals surface area contributed by atoms with Crippen molar-refractivity contribution in [2.75, 3.05) is 19.0 Å². The summed E-state index contributed by atoms with van der Waals surface area (Å²) in [6, 6.07) is 8.56. The smallest absolute Gasteiger partial charge is 0.266 e. The maximum absolute atomic E-state index is 11.6. The highest BCUT2D eigenvalue weighted by molar-refractivity contribution is 5.97. The predicted molar refractivity (Wildman–Crippen MR) is 79.5 cm³/mol. The molecule has 0 aliphatic rings. The first-order chi connectivity index (χ1) is 10.6. The lowest BCUT2D eigenvalue weighted by atomic mass is 10.2. The number of hydrogen-bond acceptors (Lipinski definition) is 6. The van der Waals surface area contributed by atoms with Crippen molar-refractivity contribution >= 4 is 17.6 Å². The molecule has 0 saturated carbocycles. The molecule has 1 heterocycles. The van der Waals surface area contributed by atoms with E-state index in [9.17, 15) is 4.79 Å². The molecule has 1 aromatic carbocycles. The number of nitrogens with zero attached hydrogens (tertiary/aromatic N) is 2. The van der Waals surface area contributed by atoms with E-state index in [1.54, 1.807) is 44.4 Å². The average molecular weight is 304 g/mol. The third-order valence-electron chi connectivity index (χ3n) is 2.64. The van der Waals surface area contributed by atoms with E-state index in [1.807, 2.05) is 0 Å². The minimum atomic E-state index is -0.417. The van der Waals surface area contributed by atoms with Crippen molar-refractivity contribution in [2.45, 2.75) is 6.92 Å². The number of aryl methyl sites for hydroxylation is 1. The van der Waals surface area contributed by atoms with Crippen molar-refractivity contribution in [1.29, 1.82) is 0 Å². The summed E-state index contributed by atoms with van der Waals surface area (Å²) in [4.78, 5) is 16.5. The number of aromatic nitrogens is 1. The molecule has 8 nitrogen and oxygen atoms in total. The molecule has 2 aromatic rings. The van der Waals surface area contributed by atoms with Crippen LogP contribution in [0, 0.1) is 6.92 Å². The topological polar surface area (TPSA) is 112 Å². The summed E-state index contributed by atoms with van der Waals surface area (Å²) >= 11 is 0. The largest absolute Gasteiger partial charge is 0.497 e. The van der Waals surface area contributed by atoms with Gasteiger partial charge in [0.1, 0.15) is 11.5 Å². The maximum atomic E-state index is 11.6. The number of nitrogens with one attached hydrogen (secondary N) is 1. The minimum Gasteiger partial charge on any atom is -0.497 e. The molecule has 0 aliphatic heterocycles. The highest BCUT2D eigenvalue weighted by Gasteiger charge is 2.07. The van der Waals surface area contributed by atoms with Gasteiger partial charge in [-0.25, -0.2) is 0 Å². The Morgan fingerprint density at radius 3 is 2.73 bits per heavy atom. The van der Waals surface area contributed by atoms with Gasteiger partial charge in [-0.2, -0.15) is 0 Å². The lowest BCUT2D eigenvalue weighted by Crippen LogP contribution is -2.19. The second-order valence-corrected chi connectivity index (χ2v) is 4.35. The standard InChI is InChI=1S/C14H16N4O4/c1-9-7-12(17-22-9)16-13(19)8-21-18-14(15)10-3-5-11(20-2)6-4-10/h3-7H,8H2,1-2H3,(H2,15,18)(H,16,17,19). The fourth-order valence-corrected chi connectivity index (χ4v) is 1.58. The van der Waals surface area contributed by atoms with Crippen molar-refractivity contribution in [3.63, 3.8) is 0 Å². The first-order valence-electron chi connectivity index (χ1n) is 6.41. The van der Waals surface area contributed by atoms with Crippen LogP contribution >= 0.6 is 0 Å². The molecule has 8 heteroatoms. The molecule has 3 N–H and O–H groups in total. The van der Waals surface area contributed by atoms with Crippen LogP contribution < -0.4 is 15.8 Å². The summed E-state index contributed by atoms with van der Waals surface area (Å²) in [6.45, 7) is 1.43. The van der Waals surface area contributed by atoms with Gasteiger partial charge in [0.2, 0.25) is 0 Å². The zero-order valence-corrected chi connectivity index (χ0v) is 12.2. The fourth-order valence-electron chi connectivity index (χ4n) is 1.58. The number of amidine groups is 1. The van der Waals surface area contributed by atoms with Gasteiger partial charge in [0, 0.05) is 11.6 Å². The Bertz CT molecular complexity index is 664. The van der Waals surface area contributed by atoms with Gasteiger partial charge in [-0.1, -0.05) is 10.3 Å². The number of ether oxygens (including phenoxy) is 1. The summed E-state index contributed by atoms with van der Waals surface area (Å²) in [5.74, 6) is 1.36. The summed E-state index contributed by atoms with van der Waals surface area (Å²) in [5.41, 5.74) is 6.41. The van der Waals surface area contributed by atoms with Crippen LogP contribution in [0.3, 0.4) is 0 Å². The molecule has 0 fully saturated rings. The monoisotopic (exact) mass is 304 g/mol. The van der Waals surface area contributed by atoms with Crippen LogP contribution in [0.2, 0.25) is 0 Å². The van der Waals surface area contributed by atoms with E-state index < -0.39 is 5.91 Å². The predicted octanol–water partition coefficient (Wildman–Crippen LogP) is 1.27. The molecule has 0 unspecified atom stereocenters. The third-order valence-corrected chi connectivity index (χ3v) is 2.64. The molecule has 0 bridgehead atoms. The quantitative estimate of drug-likeness (QED) is 0.472. The van der Waals surface area contributed by atoms with Crippen molar-refractivity contribution in [2.24, 2.45) is 10.9 Å². The van der Waals surface area contributed by atoms with Crippen molar-refractivity contribution < 1.29 is 18.9 Å². The van der Waals surface area contributed by atoms with Crippen LogP contribution in [0.1, 0.15) is 11.3 Å². The summed E-state index contributed by atoms with van der Waals surface area (Å²) in [6.07, 6.45) is 0. The average Bonchev–Trinajstić information content (AvgIpc) is 2.92. The number of rotatable bonds is 6. The number of benzene rings is 1. The first kappa shape index (κ1) is 15.4. The normalized spacial score (nSPS) is 11.1. The minimum absolute atomic E-state index is 0.160. The highest BCUT2D eigenvalue weighted by Crippen LogP contribution is 2.11. The van der Waals surface area contributed by atoms with Gasteiger partial charge in [-0.15, -0.1) is 0 Å². The molecule has 0 atom stereocenters. The van der Waals surface area contributed by atoms with Crippen LogP contribution in [-0.2, 0) is 9.63 Å². The third kappa shape index (κ3) is 4.23. The molecule has 22 heavy (non-hydrogen) atoms. The van der Waals surface area contributed by atoms with Crippen molar-refractivity contribution in [3.05, 3.63) is 41.7 Å². The summed E-state index contributed by atoms with van der Waals surface area (Å²) in [7, 11) is 1.57. The number of oxime groups is 1. The van der Waals surface area contributed by atoms with Gasteiger partial charge in [-0.05, 0) is 31.2 Å². The molecule has 1 aromatic heterocycles. The number of nitrogens with two attached hydrogens (primary N) is 1. The fraction of sp³-hybridized carbons (Fsp3) is 0.214. The Balaban J connectivity index is 1.84. The van der Waals surface area contributed by atoms with E-state index in [1.165, 1.54) is 0 Å². The van der Waals surface area contributed by atoms with E-state index in [0.717, 1.165) is 0 Å². The zero-order chi connectivity index (χ0) is 15.9. The van der Waals surface area contributed by atoms with E-state index >= 15 is 0 Å². The molecule has 0 radical (unpaired) electrons. The van der Waals surface area contributed by atoms with Gasteiger partial charge in [-0.3, -0.25) is 4.79 Å². The van der Waals surface area contributed by atoms with Crippen LogP contribution in [0.4, 0.5) is 5.82 Å².